The van der Waals surface area contributed by atoms with Crippen molar-refractivity contribution in [3.05, 3.63) is 75.2 Å². The summed E-state index contributed by atoms with van der Waals surface area (Å²) in [6, 6.07) is 14.0. The van der Waals surface area contributed by atoms with E-state index in [2.05, 4.69) is 36.3 Å². The zero-order valence-corrected chi connectivity index (χ0v) is 17.8. The summed E-state index contributed by atoms with van der Waals surface area (Å²) in [5.41, 5.74) is 11.2. The molecule has 0 saturated heterocycles. The number of nitrogens with zero attached hydrogens (tertiary/aromatic N) is 1. The third-order valence-corrected chi connectivity index (χ3v) is 6.48. The number of fused-ring (bicyclic) bond motifs is 1. The summed E-state index contributed by atoms with van der Waals surface area (Å²) in [5.74, 6) is 1.40. The quantitative estimate of drug-likeness (QED) is 0.546. The van der Waals surface area contributed by atoms with Gasteiger partial charge >= 0.3 is 0 Å². The van der Waals surface area contributed by atoms with E-state index in [4.69, 9.17) is 10.5 Å². The van der Waals surface area contributed by atoms with Crippen LogP contribution in [0.4, 0.5) is 5.69 Å². The molecule has 1 aliphatic carbocycles. The normalized spacial score (nSPS) is 18.6. The molecule has 2 unspecified atom stereocenters. The molecule has 1 aliphatic rings. The van der Waals surface area contributed by atoms with Crippen molar-refractivity contribution in [2.75, 3.05) is 5.73 Å². The van der Waals surface area contributed by atoms with Crippen LogP contribution in [-0.2, 0) is 19.4 Å². The maximum Gasteiger partial charge on any atom is 0.140 e. The molecule has 1 aromatic heterocycles. The zero-order valence-electron chi connectivity index (χ0n) is 17.0. The summed E-state index contributed by atoms with van der Waals surface area (Å²) in [7, 11) is 0. The molecule has 0 fully saturated rings. The van der Waals surface area contributed by atoms with Gasteiger partial charge in [0.2, 0.25) is 0 Å². The molecule has 0 radical (unpaired) electrons. The van der Waals surface area contributed by atoms with Crippen molar-refractivity contribution in [3.63, 3.8) is 0 Å². The van der Waals surface area contributed by atoms with Crippen molar-refractivity contribution in [1.29, 1.82) is 0 Å². The minimum Gasteiger partial charge on any atom is -0.486 e. The first-order valence-corrected chi connectivity index (χ1v) is 11.1. The van der Waals surface area contributed by atoms with Gasteiger partial charge in [-0.2, -0.15) is 0 Å². The molecule has 29 heavy (non-hydrogen) atoms. The Hall–Kier alpha value is -2.37. The highest BCUT2D eigenvalue weighted by molar-refractivity contribution is 7.09. The van der Waals surface area contributed by atoms with Crippen LogP contribution in [0.2, 0.25) is 0 Å². The van der Waals surface area contributed by atoms with Crippen molar-refractivity contribution in [3.8, 4) is 5.75 Å². The first-order chi connectivity index (χ1) is 14.0. The Labute approximate surface area is 176 Å². The van der Waals surface area contributed by atoms with E-state index < -0.39 is 6.10 Å². The van der Waals surface area contributed by atoms with Crippen LogP contribution in [0.3, 0.4) is 0 Å². The van der Waals surface area contributed by atoms with Gasteiger partial charge in [0.1, 0.15) is 17.4 Å². The van der Waals surface area contributed by atoms with Gasteiger partial charge in [0.25, 0.3) is 0 Å². The molecule has 1 heterocycles. The summed E-state index contributed by atoms with van der Waals surface area (Å²) >= 11 is 1.63. The molecule has 0 saturated carbocycles. The lowest BCUT2D eigenvalue weighted by atomic mass is 9.78. The Morgan fingerprint density at radius 2 is 2.10 bits per heavy atom. The standard InChI is InChI=1S/C24H28N2O2S/c1-15(2)22-14-29-23(26-22)13-28-20-9-8-17-6-7-18(24(27)21(17)12-20)10-16-4-3-5-19(25)11-16/h3-5,8-9,11-12,14-15,18,24,27H,6-7,10,13,25H2,1-2H3. The lowest BCUT2D eigenvalue weighted by Crippen LogP contribution is -2.22. The molecule has 0 bridgehead atoms. The fourth-order valence-corrected chi connectivity index (χ4v) is 4.82. The molecule has 152 valence electrons. The van der Waals surface area contributed by atoms with Crippen molar-refractivity contribution in [2.45, 2.75) is 51.7 Å². The van der Waals surface area contributed by atoms with E-state index in [1.165, 1.54) is 11.1 Å². The molecule has 2 aromatic carbocycles. The first kappa shape index (κ1) is 19.9. The lowest BCUT2D eigenvalue weighted by Gasteiger charge is -2.30. The molecule has 0 amide bonds. The van der Waals surface area contributed by atoms with Crippen LogP contribution in [0.5, 0.6) is 5.75 Å². The lowest BCUT2D eigenvalue weighted by molar-refractivity contribution is 0.0932. The van der Waals surface area contributed by atoms with Gasteiger partial charge in [-0.25, -0.2) is 4.98 Å². The Bertz CT molecular complexity index is 983. The van der Waals surface area contributed by atoms with Gasteiger partial charge in [-0.1, -0.05) is 32.0 Å². The number of aromatic nitrogens is 1. The van der Waals surface area contributed by atoms with E-state index in [0.29, 0.717) is 12.5 Å². The third kappa shape index (κ3) is 4.62. The van der Waals surface area contributed by atoms with Crippen LogP contribution in [-0.4, -0.2) is 10.1 Å². The fourth-order valence-electron chi connectivity index (χ4n) is 3.96. The number of nitrogens with two attached hydrogens (primary N) is 1. The van der Waals surface area contributed by atoms with E-state index in [0.717, 1.165) is 47.0 Å². The number of rotatable bonds is 6. The van der Waals surface area contributed by atoms with E-state index in [1.54, 1.807) is 11.3 Å². The molecular formula is C24H28N2O2S. The fraction of sp³-hybridized carbons (Fsp3) is 0.375. The predicted molar refractivity (Wildman–Crippen MR) is 118 cm³/mol. The maximum atomic E-state index is 11.0. The molecule has 3 N–H and O–H groups in total. The Kier molecular flexibility index (Phi) is 5.88. The highest BCUT2D eigenvalue weighted by Gasteiger charge is 2.28. The summed E-state index contributed by atoms with van der Waals surface area (Å²) in [6.07, 6.45) is 2.29. The van der Waals surface area contributed by atoms with Crippen LogP contribution in [0.15, 0.2) is 47.8 Å². The Balaban J connectivity index is 1.45. The number of hydrogen-bond acceptors (Lipinski definition) is 5. The molecule has 0 aliphatic heterocycles. The molecule has 4 rings (SSSR count). The molecule has 2 atom stereocenters. The number of aliphatic hydroxyl groups excluding tert-OH is 1. The van der Waals surface area contributed by atoms with E-state index >= 15 is 0 Å². The number of aryl methyl sites for hydroxylation is 1. The van der Waals surface area contributed by atoms with Crippen LogP contribution in [0, 0.1) is 5.92 Å². The number of aliphatic hydroxyl groups is 1. The van der Waals surface area contributed by atoms with Gasteiger partial charge in [-0.05, 0) is 72.1 Å². The van der Waals surface area contributed by atoms with Crippen LogP contribution < -0.4 is 10.5 Å². The average molecular weight is 409 g/mol. The minimum absolute atomic E-state index is 0.187. The van der Waals surface area contributed by atoms with Gasteiger partial charge in [0, 0.05) is 11.1 Å². The number of benzene rings is 2. The largest absolute Gasteiger partial charge is 0.486 e. The molecular weight excluding hydrogens is 380 g/mol. The molecule has 0 spiro atoms. The second-order valence-electron chi connectivity index (χ2n) is 8.16. The number of hydrogen-bond donors (Lipinski definition) is 2. The summed E-state index contributed by atoms with van der Waals surface area (Å²) in [6.45, 7) is 4.74. The van der Waals surface area contributed by atoms with Gasteiger partial charge in [-0.3, -0.25) is 0 Å². The molecule has 3 aromatic rings. The summed E-state index contributed by atoms with van der Waals surface area (Å²) < 4.78 is 5.99. The number of thiazole rings is 1. The Morgan fingerprint density at radius 1 is 1.24 bits per heavy atom. The van der Waals surface area contributed by atoms with Gasteiger partial charge in [0.15, 0.2) is 0 Å². The molecule has 5 heteroatoms. The number of nitrogen functional groups attached to an aromatic ring is 1. The third-order valence-electron chi connectivity index (χ3n) is 5.64. The topological polar surface area (TPSA) is 68.4 Å². The number of anilines is 1. The monoisotopic (exact) mass is 408 g/mol. The smallest absolute Gasteiger partial charge is 0.140 e. The number of ether oxygens (including phenoxy) is 1. The van der Waals surface area contributed by atoms with Crippen molar-refractivity contribution in [2.24, 2.45) is 5.92 Å². The molecule has 4 nitrogen and oxygen atoms in total. The van der Waals surface area contributed by atoms with Crippen LogP contribution in [0.1, 0.15) is 59.7 Å². The highest BCUT2D eigenvalue weighted by Crippen LogP contribution is 2.38. The second-order valence-corrected chi connectivity index (χ2v) is 9.11. The van der Waals surface area contributed by atoms with Crippen molar-refractivity contribution in [1.82, 2.24) is 4.98 Å². The van der Waals surface area contributed by atoms with Gasteiger partial charge in [0.05, 0.1) is 11.8 Å². The second kappa shape index (κ2) is 8.56. The van der Waals surface area contributed by atoms with E-state index in [1.807, 2.05) is 30.3 Å². The van der Waals surface area contributed by atoms with Gasteiger partial charge in [-0.15, -0.1) is 11.3 Å². The predicted octanol–water partition coefficient (Wildman–Crippen LogP) is 5.27. The van der Waals surface area contributed by atoms with E-state index in [9.17, 15) is 5.11 Å². The highest BCUT2D eigenvalue weighted by atomic mass is 32.1. The van der Waals surface area contributed by atoms with Crippen LogP contribution in [0.25, 0.3) is 0 Å². The van der Waals surface area contributed by atoms with Crippen molar-refractivity contribution >= 4 is 17.0 Å². The minimum atomic E-state index is -0.490. The Morgan fingerprint density at radius 3 is 2.86 bits per heavy atom. The summed E-state index contributed by atoms with van der Waals surface area (Å²) in [4.78, 5) is 4.63. The van der Waals surface area contributed by atoms with Crippen LogP contribution >= 0.6 is 11.3 Å². The average Bonchev–Trinajstić information content (AvgIpc) is 3.18. The van der Waals surface area contributed by atoms with Gasteiger partial charge < -0.3 is 15.6 Å². The first-order valence-electron chi connectivity index (χ1n) is 10.2. The van der Waals surface area contributed by atoms with Crippen molar-refractivity contribution < 1.29 is 9.84 Å². The van der Waals surface area contributed by atoms with E-state index in [-0.39, 0.29) is 5.92 Å². The zero-order chi connectivity index (χ0) is 20.4. The maximum absolute atomic E-state index is 11.0. The summed E-state index contributed by atoms with van der Waals surface area (Å²) in [5, 5.41) is 14.1. The SMILES string of the molecule is CC(C)c1csc(COc2ccc3c(c2)C(O)C(Cc2cccc(N)c2)CC3)n1.